The molecule has 116 valence electrons. The van der Waals surface area contributed by atoms with Gasteiger partial charge in [-0.2, -0.15) is 0 Å². The van der Waals surface area contributed by atoms with Gasteiger partial charge in [-0.05, 0) is 64.2 Å². The Kier molecular flexibility index (Phi) is 3.24. The lowest BCUT2D eigenvalue weighted by molar-refractivity contribution is 0.00578. The maximum absolute atomic E-state index is 12.1. The molecule has 0 spiro atoms. The van der Waals surface area contributed by atoms with Crippen LogP contribution in [-0.4, -0.2) is 28.3 Å². The highest BCUT2D eigenvalue weighted by molar-refractivity contribution is 6.63. The maximum atomic E-state index is 12.1. The normalized spacial score (nSPS) is 19.8. The number of nitrogens with zero attached hydrogens (tertiary/aromatic N) is 1. The molecular formula is C16H21BN2O3. The highest BCUT2D eigenvalue weighted by atomic mass is 16.7. The number of aryl methyl sites for hydroxylation is 1. The summed E-state index contributed by atoms with van der Waals surface area (Å²) in [6, 6.07) is 1.84. The molecule has 2 aromatic rings. The average molecular weight is 300 g/mol. The van der Waals surface area contributed by atoms with Crippen molar-refractivity contribution in [1.82, 2.24) is 9.97 Å². The van der Waals surface area contributed by atoms with Crippen molar-refractivity contribution in [3.8, 4) is 0 Å². The molecule has 1 aliphatic heterocycles. The van der Waals surface area contributed by atoms with Gasteiger partial charge in [-0.1, -0.05) is 0 Å². The Labute approximate surface area is 130 Å². The van der Waals surface area contributed by atoms with Crippen LogP contribution in [0.5, 0.6) is 0 Å². The molecule has 1 N–H and O–H groups in total. The van der Waals surface area contributed by atoms with E-state index >= 15 is 0 Å². The predicted octanol–water partition coefficient (Wildman–Crippen LogP) is 1.84. The zero-order valence-corrected chi connectivity index (χ0v) is 13.9. The summed E-state index contributed by atoms with van der Waals surface area (Å²) in [6.45, 7) is 12.1. The third-order valence-electron chi connectivity index (χ3n) is 5.05. The Balaban J connectivity index is 2.19. The minimum atomic E-state index is -0.479. The Bertz CT molecular complexity index is 795. The molecule has 2 heterocycles. The van der Waals surface area contributed by atoms with E-state index in [1.165, 1.54) is 6.33 Å². The van der Waals surface area contributed by atoms with E-state index < -0.39 is 18.3 Å². The molecule has 22 heavy (non-hydrogen) atoms. The second kappa shape index (κ2) is 4.67. The molecule has 5 nitrogen and oxygen atoms in total. The number of hydrogen-bond acceptors (Lipinski definition) is 4. The van der Waals surface area contributed by atoms with Gasteiger partial charge in [-0.25, -0.2) is 4.98 Å². The van der Waals surface area contributed by atoms with E-state index in [4.69, 9.17) is 9.31 Å². The van der Waals surface area contributed by atoms with Gasteiger partial charge < -0.3 is 14.3 Å². The fourth-order valence-electron chi connectivity index (χ4n) is 2.72. The highest BCUT2D eigenvalue weighted by Crippen LogP contribution is 2.37. The van der Waals surface area contributed by atoms with Crippen molar-refractivity contribution in [1.29, 1.82) is 0 Å². The highest BCUT2D eigenvalue weighted by Gasteiger charge is 2.52. The van der Waals surface area contributed by atoms with Crippen molar-refractivity contribution in [2.75, 3.05) is 0 Å². The summed E-state index contributed by atoms with van der Waals surface area (Å²) in [4.78, 5) is 19.0. The third kappa shape index (κ3) is 2.09. The number of aromatic nitrogens is 2. The third-order valence-corrected chi connectivity index (χ3v) is 5.05. The monoisotopic (exact) mass is 300 g/mol. The molecule has 1 aliphatic rings. The van der Waals surface area contributed by atoms with Crippen molar-refractivity contribution in [2.24, 2.45) is 0 Å². The molecule has 0 bridgehead atoms. The van der Waals surface area contributed by atoms with Gasteiger partial charge in [-0.15, -0.1) is 0 Å². The van der Waals surface area contributed by atoms with Gasteiger partial charge in [-0.3, -0.25) is 4.79 Å². The summed E-state index contributed by atoms with van der Waals surface area (Å²) in [5, 5.41) is 0.565. The predicted molar refractivity (Wildman–Crippen MR) is 87.6 cm³/mol. The van der Waals surface area contributed by atoms with E-state index in [9.17, 15) is 4.79 Å². The van der Waals surface area contributed by atoms with Crippen LogP contribution in [0.4, 0.5) is 0 Å². The Morgan fingerprint density at radius 3 is 2.27 bits per heavy atom. The summed E-state index contributed by atoms with van der Waals surface area (Å²) in [5.74, 6) is 0. The van der Waals surface area contributed by atoms with E-state index in [1.807, 2.05) is 47.6 Å². The van der Waals surface area contributed by atoms with E-state index in [1.54, 1.807) is 0 Å². The SMILES string of the molecule is Cc1c(B2OC(C)(C)C(C)(C)O2)cc2c(=O)[nH]cnc2c1C. The number of hydrogen-bond donors (Lipinski definition) is 1. The van der Waals surface area contributed by atoms with Gasteiger partial charge in [0.2, 0.25) is 0 Å². The van der Waals surface area contributed by atoms with Gasteiger partial charge in [0.05, 0.1) is 28.4 Å². The van der Waals surface area contributed by atoms with Crippen molar-refractivity contribution >= 4 is 23.5 Å². The van der Waals surface area contributed by atoms with Crippen molar-refractivity contribution in [2.45, 2.75) is 52.7 Å². The number of rotatable bonds is 1. The van der Waals surface area contributed by atoms with Crippen LogP contribution < -0.4 is 11.0 Å². The second-order valence-electron chi connectivity index (χ2n) is 6.93. The quantitative estimate of drug-likeness (QED) is 0.816. The van der Waals surface area contributed by atoms with Crippen LogP contribution in [-0.2, 0) is 9.31 Å². The molecule has 3 rings (SSSR count). The Hall–Kier alpha value is -1.66. The summed E-state index contributed by atoms with van der Waals surface area (Å²) in [7, 11) is -0.479. The van der Waals surface area contributed by atoms with Crippen LogP contribution >= 0.6 is 0 Å². The molecule has 0 saturated carbocycles. The lowest BCUT2D eigenvalue weighted by Gasteiger charge is -2.32. The number of fused-ring (bicyclic) bond motifs is 1. The first kappa shape index (κ1) is 15.2. The number of aromatic amines is 1. The first-order valence-electron chi connectivity index (χ1n) is 7.47. The summed E-state index contributed by atoms with van der Waals surface area (Å²) < 4.78 is 12.2. The maximum Gasteiger partial charge on any atom is 0.495 e. The molecule has 0 aliphatic carbocycles. The summed E-state index contributed by atoms with van der Waals surface area (Å²) in [6.07, 6.45) is 1.44. The molecular weight excluding hydrogens is 279 g/mol. The second-order valence-corrected chi connectivity index (χ2v) is 6.93. The van der Waals surface area contributed by atoms with Gasteiger partial charge in [0.25, 0.3) is 5.56 Å². The summed E-state index contributed by atoms with van der Waals surface area (Å²) in [5.41, 5.74) is 2.68. The van der Waals surface area contributed by atoms with Crippen molar-refractivity contribution in [3.63, 3.8) is 0 Å². The van der Waals surface area contributed by atoms with Crippen molar-refractivity contribution < 1.29 is 9.31 Å². The molecule has 0 amide bonds. The van der Waals surface area contributed by atoms with Crippen LogP contribution in [0.1, 0.15) is 38.8 Å². The average Bonchev–Trinajstić information content (AvgIpc) is 2.63. The van der Waals surface area contributed by atoms with Gasteiger partial charge in [0.1, 0.15) is 0 Å². The van der Waals surface area contributed by atoms with Gasteiger partial charge in [0.15, 0.2) is 0 Å². The smallest absolute Gasteiger partial charge is 0.399 e. The zero-order valence-electron chi connectivity index (χ0n) is 13.9. The minimum Gasteiger partial charge on any atom is -0.399 e. The number of H-pyrrole nitrogens is 1. The van der Waals surface area contributed by atoms with Crippen LogP contribution in [0, 0.1) is 13.8 Å². The minimum absolute atomic E-state index is 0.147. The fraction of sp³-hybridized carbons (Fsp3) is 0.500. The van der Waals surface area contributed by atoms with E-state index in [0.717, 1.165) is 22.1 Å². The van der Waals surface area contributed by atoms with Crippen LogP contribution in [0.2, 0.25) is 0 Å². The number of nitrogens with one attached hydrogen (secondary N) is 1. The molecule has 0 radical (unpaired) electrons. The summed E-state index contributed by atoms with van der Waals surface area (Å²) >= 11 is 0. The van der Waals surface area contributed by atoms with Crippen LogP contribution in [0.3, 0.4) is 0 Å². The van der Waals surface area contributed by atoms with E-state index in [2.05, 4.69) is 9.97 Å². The molecule has 1 aromatic carbocycles. The fourth-order valence-corrected chi connectivity index (χ4v) is 2.72. The Morgan fingerprint density at radius 2 is 1.68 bits per heavy atom. The molecule has 6 heteroatoms. The molecule has 1 fully saturated rings. The molecule has 1 aromatic heterocycles. The molecule has 0 unspecified atom stereocenters. The zero-order chi connectivity index (χ0) is 16.3. The lowest BCUT2D eigenvalue weighted by Crippen LogP contribution is -2.41. The van der Waals surface area contributed by atoms with Gasteiger partial charge >= 0.3 is 7.12 Å². The van der Waals surface area contributed by atoms with E-state index in [-0.39, 0.29) is 5.56 Å². The first-order valence-corrected chi connectivity index (χ1v) is 7.47. The standard InChI is InChI=1S/C16H21BN2O3/c1-9-10(2)13-11(14(20)19-8-18-13)7-12(9)17-21-15(3,4)16(5,6)22-17/h7-8H,1-6H3,(H,18,19,20). The largest absolute Gasteiger partial charge is 0.495 e. The number of benzene rings is 1. The van der Waals surface area contributed by atoms with Crippen LogP contribution in [0.15, 0.2) is 17.2 Å². The van der Waals surface area contributed by atoms with Gasteiger partial charge in [0, 0.05) is 0 Å². The molecule has 1 saturated heterocycles. The Morgan fingerprint density at radius 1 is 1.09 bits per heavy atom. The lowest BCUT2D eigenvalue weighted by atomic mass is 9.74. The van der Waals surface area contributed by atoms with E-state index in [0.29, 0.717) is 5.39 Å². The van der Waals surface area contributed by atoms with Crippen molar-refractivity contribution in [3.05, 3.63) is 33.9 Å². The first-order chi connectivity index (χ1) is 10.1. The topological polar surface area (TPSA) is 64.2 Å². The van der Waals surface area contributed by atoms with Crippen LogP contribution in [0.25, 0.3) is 10.9 Å². The molecule has 0 atom stereocenters.